The lowest BCUT2D eigenvalue weighted by Crippen LogP contribution is -2.48. The maximum Gasteiger partial charge on any atom is 0.0484 e. The Morgan fingerprint density at radius 2 is 1.39 bits per heavy atom. The molecule has 4 fully saturated rings. The second-order valence-electron chi connectivity index (χ2n) is 8.26. The molecular weight excluding hydrogens is 300 g/mol. The Balaban J connectivity index is 1.59. The van der Waals surface area contributed by atoms with E-state index in [1.807, 2.05) is 0 Å². The highest BCUT2D eigenvalue weighted by Gasteiger charge is 2.51. The van der Waals surface area contributed by atoms with E-state index in [4.69, 9.17) is 11.6 Å². The Kier molecular flexibility index (Phi) is 3.14. The number of hydrogen-bond donors (Lipinski definition) is 0. The topological polar surface area (TPSA) is 0 Å². The fraction of sp³-hybridized carbons (Fsp3) is 0.455. The number of benzene rings is 2. The molecule has 4 aliphatic rings. The van der Waals surface area contributed by atoms with Gasteiger partial charge < -0.3 is 0 Å². The minimum absolute atomic E-state index is 0.447. The summed E-state index contributed by atoms with van der Waals surface area (Å²) in [6.45, 7) is 0. The van der Waals surface area contributed by atoms with Crippen molar-refractivity contribution in [3.8, 4) is 11.1 Å². The zero-order chi connectivity index (χ0) is 15.4. The fourth-order valence-corrected chi connectivity index (χ4v) is 6.38. The predicted octanol–water partition coefficient (Wildman–Crippen LogP) is 6.47. The molecule has 0 aliphatic heterocycles. The number of hydrogen-bond acceptors (Lipinski definition) is 0. The first-order valence-electron chi connectivity index (χ1n) is 9.07. The minimum atomic E-state index is 0.447. The summed E-state index contributed by atoms with van der Waals surface area (Å²) < 4.78 is 0. The van der Waals surface area contributed by atoms with Gasteiger partial charge in [0.05, 0.1) is 0 Å². The first-order chi connectivity index (χ1) is 11.2. The quantitative estimate of drug-likeness (QED) is 0.594. The molecule has 0 aromatic heterocycles. The molecule has 1 heteroatoms. The summed E-state index contributed by atoms with van der Waals surface area (Å²) >= 11 is 6.54. The van der Waals surface area contributed by atoms with Gasteiger partial charge in [-0.2, -0.15) is 0 Å². The molecule has 0 unspecified atom stereocenters. The molecule has 4 saturated carbocycles. The van der Waals surface area contributed by atoms with Crippen LogP contribution in [0.15, 0.2) is 48.5 Å². The van der Waals surface area contributed by atoms with E-state index in [1.54, 1.807) is 5.56 Å². The third-order valence-corrected chi connectivity index (χ3v) is 7.03. The Labute approximate surface area is 143 Å². The number of rotatable bonds is 2. The highest BCUT2D eigenvalue weighted by atomic mass is 35.5. The first-order valence-corrected chi connectivity index (χ1v) is 9.45. The highest BCUT2D eigenvalue weighted by Crippen LogP contribution is 2.61. The average molecular weight is 323 g/mol. The van der Waals surface area contributed by atoms with Crippen molar-refractivity contribution in [1.82, 2.24) is 0 Å². The van der Waals surface area contributed by atoms with Crippen LogP contribution in [-0.2, 0) is 5.41 Å². The first kappa shape index (κ1) is 14.1. The predicted molar refractivity (Wildman–Crippen MR) is 96.7 cm³/mol. The Hall–Kier alpha value is -1.27. The van der Waals surface area contributed by atoms with Crippen LogP contribution in [0.5, 0.6) is 0 Å². The van der Waals surface area contributed by atoms with Crippen LogP contribution >= 0.6 is 11.6 Å². The van der Waals surface area contributed by atoms with Crippen molar-refractivity contribution in [1.29, 1.82) is 0 Å². The van der Waals surface area contributed by atoms with E-state index in [9.17, 15) is 0 Å². The molecule has 4 aliphatic carbocycles. The molecular formula is C22H23Cl. The molecule has 0 saturated heterocycles. The maximum atomic E-state index is 6.54. The van der Waals surface area contributed by atoms with Gasteiger partial charge in [-0.3, -0.25) is 0 Å². The molecule has 0 heterocycles. The van der Waals surface area contributed by atoms with Crippen molar-refractivity contribution >= 4 is 11.6 Å². The molecule has 2 aromatic carbocycles. The summed E-state index contributed by atoms with van der Waals surface area (Å²) in [7, 11) is 0. The molecule has 0 spiro atoms. The molecule has 0 nitrogen and oxygen atoms in total. The van der Waals surface area contributed by atoms with E-state index in [-0.39, 0.29) is 0 Å². The van der Waals surface area contributed by atoms with Crippen LogP contribution < -0.4 is 0 Å². The monoisotopic (exact) mass is 322 g/mol. The zero-order valence-corrected chi connectivity index (χ0v) is 14.2. The Morgan fingerprint density at radius 3 is 2.00 bits per heavy atom. The lowest BCUT2D eigenvalue weighted by molar-refractivity contribution is -0.00516. The van der Waals surface area contributed by atoms with Crippen LogP contribution in [0.4, 0.5) is 0 Å². The maximum absolute atomic E-state index is 6.54. The second kappa shape index (κ2) is 5.11. The molecule has 0 N–H and O–H groups in total. The molecule has 118 valence electrons. The van der Waals surface area contributed by atoms with Crippen LogP contribution in [0.25, 0.3) is 11.1 Å². The molecule has 0 amide bonds. The molecule has 23 heavy (non-hydrogen) atoms. The third kappa shape index (κ3) is 2.26. The van der Waals surface area contributed by atoms with Gasteiger partial charge in [-0.1, -0.05) is 48.0 Å². The van der Waals surface area contributed by atoms with Gasteiger partial charge in [-0.25, -0.2) is 0 Å². The van der Waals surface area contributed by atoms with Gasteiger partial charge in [0.15, 0.2) is 0 Å². The standard InChI is InChI=1S/C22H23Cl/c23-21-7-6-19(11-20(21)18-4-2-1-3-5-18)22-12-15-8-16(13-22)10-17(9-15)14-22/h1-7,11,15-17H,8-10,12-14H2. The van der Waals surface area contributed by atoms with E-state index < -0.39 is 0 Å². The van der Waals surface area contributed by atoms with Gasteiger partial charge in [0, 0.05) is 10.6 Å². The van der Waals surface area contributed by atoms with Gasteiger partial charge in [0.1, 0.15) is 0 Å². The molecule has 4 bridgehead atoms. The van der Waals surface area contributed by atoms with E-state index >= 15 is 0 Å². The smallest absolute Gasteiger partial charge is 0.0484 e. The lowest BCUT2D eigenvalue weighted by atomic mass is 9.48. The summed E-state index contributed by atoms with van der Waals surface area (Å²) in [5.74, 6) is 2.95. The summed E-state index contributed by atoms with van der Waals surface area (Å²) in [5.41, 5.74) is 4.45. The van der Waals surface area contributed by atoms with Crippen molar-refractivity contribution in [2.24, 2.45) is 17.8 Å². The van der Waals surface area contributed by atoms with Crippen molar-refractivity contribution < 1.29 is 0 Å². The van der Waals surface area contributed by atoms with E-state index in [2.05, 4.69) is 48.5 Å². The molecule has 0 atom stereocenters. The Morgan fingerprint density at radius 1 is 0.783 bits per heavy atom. The molecule has 2 aromatic rings. The van der Waals surface area contributed by atoms with Gasteiger partial charge in [-0.15, -0.1) is 0 Å². The van der Waals surface area contributed by atoms with Gasteiger partial charge in [0.2, 0.25) is 0 Å². The lowest BCUT2D eigenvalue weighted by Gasteiger charge is -2.57. The van der Waals surface area contributed by atoms with Gasteiger partial charge in [0.25, 0.3) is 0 Å². The third-order valence-electron chi connectivity index (χ3n) is 6.70. The van der Waals surface area contributed by atoms with Crippen LogP contribution in [0, 0.1) is 17.8 Å². The van der Waals surface area contributed by atoms with Crippen molar-refractivity contribution in [3.63, 3.8) is 0 Å². The van der Waals surface area contributed by atoms with Gasteiger partial charge >= 0.3 is 0 Å². The van der Waals surface area contributed by atoms with Crippen LogP contribution in [0.3, 0.4) is 0 Å². The number of halogens is 1. The van der Waals surface area contributed by atoms with E-state index in [0.29, 0.717) is 5.41 Å². The summed E-state index contributed by atoms with van der Waals surface area (Å²) in [5, 5.41) is 0.879. The van der Waals surface area contributed by atoms with E-state index in [1.165, 1.54) is 49.7 Å². The summed E-state index contributed by atoms with van der Waals surface area (Å²) in [6.07, 6.45) is 8.73. The van der Waals surface area contributed by atoms with Crippen LogP contribution in [0.1, 0.15) is 44.1 Å². The van der Waals surface area contributed by atoms with Crippen LogP contribution in [-0.4, -0.2) is 0 Å². The summed E-state index contributed by atoms with van der Waals surface area (Å²) in [6, 6.07) is 17.5. The fourth-order valence-electron chi connectivity index (χ4n) is 6.16. The summed E-state index contributed by atoms with van der Waals surface area (Å²) in [4.78, 5) is 0. The second-order valence-corrected chi connectivity index (χ2v) is 8.67. The van der Waals surface area contributed by atoms with Crippen molar-refractivity contribution in [3.05, 3.63) is 59.1 Å². The van der Waals surface area contributed by atoms with Crippen LogP contribution in [0.2, 0.25) is 5.02 Å². The average Bonchev–Trinajstić information content (AvgIpc) is 2.55. The highest BCUT2D eigenvalue weighted by molar-refractivity contribution is 6.33. The largest absolute Gasteiger partial charge is 0.0837 e. The normalized spacial score (nSPS) is 34.7. The van der Waals surface area contributed by atoms with Crippen molar-refractivity contribution in [2.45, 2.75) is 43.9 Å². The molecule has 6 rings (SSSR count). The van der Waals surface area contributed by atoms with Crippen molar-refractivity contribution in [2.75, 3.05) is 0 Å². The van der Waals surface area contributed by atoms with E-state index in [0.717, 1.165) is 22.8 Å². The minimum Gasteiger partial charge on any atom is -0.0837 e. The molecule has 0 radical (unpaired) electrons. The van der Waals surface area contributed by atoms with Gasteiger partial charge in [-0.05, 0) is 85.0 Å². The zero-order valence-electron chi connectivity index (χ0n) is 13.5. The Bertz CT molecular complexity index is 696. The SMILES string of the molecule is Clc1ccc(C23CC4CC(CC(C4)C2)C3)cc1-c1ccccc1.